The van der Waals surface area contributed by atoms with Gasteiger partial charge in [-0.2, -0.15) is 0 Å². The summed E-state index contributed by atoms with van der Waals surface area (Å²) in [4.78, 5) is 24.0. The Kier molecular flexibility index (Phi) is 4.07. The number of ether oxygens (including phenoxy) is 1. The van der Waals surface area contributed by atoms with Crippen LogP contribution in [0.2, 0.25) is 0 Å². The maximum Gasteiger partial charge on any atom is 0.337 e. The van der Waals surface area contributed by atoms with Crippen molar-refractivity contribution in [1.29, 1.82) is 0 Å². The predicted octanol–water partition coefficient (Wildman–Crippen LogP) is 2.53. The van der Waals surface area contributed by atoms with Gasteiger partial charge in [0.25, 0.3) is 0 Å². The molecule has 0 atom stereocenters. The molecule has 5 nitrogen and oxygen atoms in total. The van der Waals surface area contributed by atoms with Gasteiger partial charge in [0.1, 0.15) is 0 Å². The Morgan fingerprint density at radius 3 is 2.42 bits per heavy atom. The topological polar surface area (TPSA) is 77.5 Å². The lowest BCUT2D eigenvalue weighted by Crippen LogP contribution is -2.24. The smallest absolute Gasteiger partial charge is 0.337 e. The minimum absolute atomic E-state index is 0.0770. The highest BCUT2D eigenvalue weighted by Gasteiger charge is 2.32. The van der Waals surface area contributed by atoms with Crippen LogP contribution in [0.1, 0.15) is 26.3 Å². The van der Waals surface area contributed by atoms with Gasteiger partial charge >= 0.3 is 5.97 Å². The molecular formula is C18H14O5S. The summed E-state index contributed by atoms with van der Waals surface area (Å²) in [5, 5.41) is 0. The molecule has 0 radical (unpaired) electrons. The molecule has 3 rings (SSSR count). The Morgan fingerprint density at radius 2 is 1.75 bits per heavy atom. The quantitative estimate of drug-likeness (QED) is 0.619. The van der Waals surface area contributed by atoms with Crippen LogP contribution in [0.5, 0.6) is 0 Å². The maximum absolute atomic E-state index is 12.5. The van der Waals surface area contributed by atoms with Crippen molar-refractivity contribution in [3.8, 4) is 0 Å². The first-order valence-electron chi connectivity index (χ1n) is 7.18. The van der Waals surface area contributed by atoms with E-state index in [1.807, 2.05) is 0 Å². The van der Waals surface area contributed by atoms with Crippen molar-refractivity contribution in [2.45, 2.75) is 4.90 Å². The molecule has 0 saturated carbocycles. The van der Waals surface area contributed by atoms with Gasteiger partial charge < -0.3 is 4.74 Å². The van der Waals surface area contributed by atoms with Crippen molar-refractivity contribution in [1.82, 2.24) is 0 Å². The van der Waals surface area contributed by atoms with E-state index >= 15 is 0 Å². The summed E-state index contributed by atoms with van der Waals surface area (Å²) in [6.07, 6.45) is 1.54. The number of benzene rings is 2. The summed E-state index contributed by atoms with van der Waals surface area (Å²) in [5.41, 5.74) is 1.42. The molecule has 2 aromatic carbocycles. The van der Waals surface area contributed by atoms with Gasteiger partial charge in [-0.15, -0.1) is 0 Å². The van der Waals surface area contributed by atoms with Gasteiger partial charge in [-0.05, 0) is 35.9 Å². The highest BCUT2D eigenvalue weighted by molar-refractivity contribution is 7.91. The van der Waals surface area contributed by atoms with Crippen molar-refractivity contribution in [3.05, 3.63) is 70.8 Å². The number of fused-ring (bicyclic) bond motifs is 1. The highest BCUT2D eigenvalue weighted by Crippen LogP contribution is 2.28. The van der Waals surface area contributed by atoms with Crippen molar-refractivity contribution in [2.24, 2.45) is 0 Å². The van der Waals surface area contributed by atoms with Crippen LogP contribution in [0.4, 0.5) is 0 Å². The number of Topliss-reactive ketones (excluding diaryl/α,β-unsaturated/α-hetero) is 1. The maximum atomic E-state index is 12.5. The summed E-state index contributed by atoms with van der Waals surface area (Å²) >= 11 is 0. The largest absolute Gasteiger partial charge is 0.465 e. The van der Waals surface area contributed by atoms with Gasteiger partial charge in [-0.25, -0.2) is 13.2 Å². The van der Waals surface area contributed by atoms with Gasteiger partial charge in [0.2, 0.25) is 0 Å². The molecule has 24 heavy (non-hydrogen) atoms. The third-order valence-corrected chi connectivity index (χ3v) is 5.49. The lowest BCUT2D eigenvalue weighted by atomic mass is 10.0. The van der Waals surface area contributed by atoms with Crippen LogP contribution in [0.25, 0.3) is 6.08 Å². The van der Waals surface area contributed by atoms with Crippen LogP contribution in [0.15, 0.2) is 59.0 Å². The number of hydrogen-bond donors (Lipinski definition) is 0. The Bertz CT molecular complexity index is 953. The number of hydrogen-bond acceptors (Lipinski definition) is 5. The fourth-order valence-corrected chi connectivity index (χ4v) is 4.15. The molecule has 0 N–H and O–H groups in total. The number of ketones is 1. The van der Waals surface area contributed by atoms with E-state index in [-0.39, 0.29) is 27.6 Å². The van der Waals surface area contributed by atoms with E-state index in [1.54, 1.807) is 36.4 Å². The van der Waals surface area contributed by atoms with Gasteiger partial charge in [0.15, 0.2) is 15.6 Å². The van der Waals surface area contributed by atoms with E-state index in [2.05, 4.69) is 4.74 Å². The lowest BCUT2D eigenvalue weighted by molar-refractivity contribution is 0.0600. The first kappa shape index (κ1) is 16.1. The van der Waals surface area contributed by atoms with E-state index in [0.29, 0.717) is 11.1 Å². The summed E-state index contributed by atoms with van der Waals surface area (Å²) < 4.78 is 29.3. The molecule has 1 heterocycles. The number of esters is 1. The fraction of sp³-hybridized carbons (Fsp3) is 0.111. The lowest BCUT2D eigenvalue weighted by Gasteiger charge is -2.17. The summed E-state index contributed by atoms with van der Waals surface area (Å²) in [5.74, 6) is -1.08. The number of sulfone groups is 1. The standard InChI is InChI=1S/C18H14O5S/c1-23-18(20)13-8-6-12(7-9-13)10-14-11-24(21,22)16-5-3-2-4-15(16)17(14)19/h2-10H,11H2,1H3/b14-10-. The molecule has 0 amide bonds. The first-order chi connectivity index (χ1) is 11.4. The molecule has 0 bridgehead atoms. The minimum Gasteiger partial charge on any atom is -0.465 e. The zero-order chi connectivity index (χ0) is 17.3. The average Bonchev–Trinajstić information content (AvgIpc) is 2.59. The molecule has 1 aliphatic heterocycles. The number of rotatable bonds is 2. The van der Waals surface area contributed by atoms with E-state index in [4.69, 9.17) is 0 Å². The van der Waals surface area contributed by atoms with Crippen LogP contribution in [0, 0.1) is 0 Å². The van der Waals surface area contributed by atoms with Gasteiger partial charge in [0.05, 0.1) is 23.3 Å². The molecule has 0 fully saturated rings. The molecule has 122 valence electrons. The molecule has 0 spiro atoms. The van der Waals surface area contributed by atoms with E-state index in [1.165, 1.54) is 25.3 Å². The van der Waals surface area contributed by atoms with E-state index < -0.39 is 15.8 Å². The SMILES string of the molecule is COC(=O)c1ccc(/C=C2/CS(=O)(=O)c3ccccc3C2=O)cc1. The Labute approximate surface area is 139 Å². The average molecular weight is 342 g/mol. The second kappa shape index (κ2) is 6.05. The molecule has 0 unspecified atom stereocenters. The van der Waals surface area contributed by atoms with Crippen LogP contribution in [0.3, 0.4) is 0 Å². The first-order valence-corrected chi connectivity index (χ1v) is 8.83. The van der Waals surface area contributed by atoms with Crippen molar-refractivity contribution < 1.29 is 22.7 Å². The number of carbonyl (C=O) groups is 2. The van der Waals surface area contributed by atoms with E-state index in [9.17, 15) is 18.0 Å². The Morgan fingerprint density at radius 1 is 1.08 bits per heavy atom. The minimum atomic E-state index is -3.53. The highest BCUT2D eigenvalue weighted by atomic mass is 32.2. The second-order valence-electron chi connectivity index (χ2n) is 5.37. The molecular weight excluding hydrogens is 328 g/mol. The summed E-state index contributed by atoms with van der Waals surface area (Å²) in [7, 11) is -2.24. The molecule has 0 aromatic heterocycles. The molecule has 0 saturated heterocycles. The normalized spacial score (nSPS) is 17.4. The number of methoxy groups -OCH3 is 1. The third kappa shape index (κ3) is 2.88. The zero-order valence-electron chi connectivity index (χ0n) is 12.9. The molecule has 6 heteroatoms. The van der Waals surface area contributed by atoms with Crippen LogP contribution in [-0.2, 0) is 14.6 Å². The van der Waals surface area contributed by atoms with Crippen molar-refractivity contribution >= 4 is 27.7 Å². The van der Waals surface area contributed by atoms with Crippen LogP contribution < -0.4 is 0 Å². The molecule has 0 aliphatic carbocycles. The van der Waals surface area contributed by atoms with Crippen LogP contribution >= 0.6 is 0 Å². The summed E-state index contributed by atoms with van der Waals surface area (Å²) in [6, 6.07) is 12.6. The van der Waals surface area contributed by atoms with Crippen molar-refractivity contribution in [3.63, 3.8) is 0 Å². The monoisotopic (exact) mass is 342 g/mol. The molecule has 1 aliphatic rings. The van der Waals surface area contributed by atoms with Gasteiger partial charge in [0, 0.05) is 11.1 Å². The zero-order valence-corrected chi connectivity index (χ0v) is 13.7. The third-order valence-electron chi connectivity index (χ3n) is 3.78. The van der Waals surface area contributed by atoms with Crippen LogP contribution in [-0.4, -0.2) is 33.0 Å². The Balaban J connectivity index is 2.00. The molecule has 2 aromatic rings. The number of carbonyl (C=O) groups excluding carboxylic acids is 2. The van der Waals surface area contributed by atoms with Gasteiger partial charge in [-0.3, -0.25) is 4.79 Å². The van der Waals surface area contributed by atoms with Gasteiger partial charge in [-0.1, -0.05) is 24.3 Å². The Hall–Kier alpha value is -2.73. The van der Waals surface area contributed by atoms with E-state index in [0.717, 1.165) is 0 Å². The predicted molar refractivity (Wildman–Crippen MR) is 88.6 cm³/mol. The van der Waals surface area contributed by atoms with Crippen molar-refractivity contribution in [2.75, 3.05) is 12.9 Å². The second-order valence-corrected chi connectivity index (χ2v) is 7.33. The summed E-state index contributed by atoms with van der Waals surface area (Å²) in [6.45, 7) is 0. The fourth-order valence-electron chi connectivity index (χ4n) is 2.59.